The first-order chi connectivity index (χ1) is 16.5. The number of nitrogens with zero attached hydrogens (tertiary/aromatic N) is 4. The number of sulfonamides is 1. The van der Waals surface area contributed by atoms with Crippen molar-refractivity contribution >= 4 is 67.6 Å². The minimum Gasteiger partial charge on any atom is -0.467 e. The van der Waals surface area contributed by atoms with E-state index in [4.69, 9.17) is 39.5 Å². The van der Waals surface area contributed by atoms with Gasteiger partial charge < -0.3 is 14.6 Å². The second-order valence-corrected chi connectivity index (χ2v) is 10.2. The summed E-state index contributed by atoms with van der Waals surface area (Å²) in [5.41, 5.74) is 1.74. The molecule has 2 heterocycles. The molecular weight excluding hydrogens is 539 g/mol. The smallest absolute Gasteiger partial charge is 0.264 e. The number of aromatic nitrogens is 4. The molecule has 0 fully saturated rings. The van der Waals surface area contributed by atoms with Crippen LogP contribution in [0.1, 0.15) is 16.2 Å². The molecule has 10 nitrogen and oxygen atoms in total. The average Bonchev–Trinajstić information content (AvgIpc) is 3.22. The van der Waals surface area contributed by atoms with Gasteiger partial charge in [-0.05, 0) is 30.3 Å². The molecular formula is C21H17Cl3N6O4S. The molecule has 0 aliphatic heterocycles. The summed E-state index contributed by atoms with van der Waals surface area (Å²) >= 11 is 17.9. The Morgan fingerprint density at radius 1 is 1.14 bits per heavy atom. The summed E-state index contributed by atoms with van der Waals surface area (Å²) in [4.78, 5) is 28.9. The van der Waals surface area contributed by atoms with Crippen LogP contribution in [-0.2, 0) is 16.6 Å². The van der Waals surface area contributed by atoms with Gasteiger partial charge in [-0.25, -0.2) is 18.4 Å². The van der Waals surface area contributed by atoms with Crippen LogP contribution in [0.25, 0.3) is 11.0 Å². The Labute approximate surface area is 215 Å². The van der Waals surface area contributed by atoms with Crippen molar-refractivity contribution in [3.05, 3.63) is 69.2 Å². The molecule has 4 aromatic rings. The summed E-state index contributed by atoms with van der Waals surface area (Å²) in [6.07, 6.45) is 1.16. The molecule has 2 aromatic carbocycles. The van der Waals surface area contributed by atoms with Crippen molar-refractivity contribution in [3.63, 3.8) is 0 Å². The average molecular weight is 556 g/mol. The van der Waals surface area contributed by atoms with Crippen molar-refractivity contribution in [2.75, 3.05) is 18.8 Å². The molecule has 0 bridgehead atoms. The third kappa shape index (κ3) is 5.43. The summed E-state index contributed by atoms with van der Waals surface area (Å²) in [6, 6.07) is 9.27. The molecule has 0 aliphatic carbocycles. The third-order valence-electron chi connectivity index (χ3n) is 4.68. The lowest BCUT2D eigenvalue weighted by Gasteiger charge is -2.12. The number of nitrogens with one attached hydrogen (secondary N) is 2. The Balaban J connectivity index is 1.58. The van der Waals surface area contributed by atoms with Crippen molar-refractivity contribution in [1.82, 2.24) is 24.8 Å². The maximum Gasteiger partial charge on any atom is 0.264 e. The lowest BCUT2D eigenvalue weighted by Crippen LogP contribution is -2.21. The van der Waals surface area contributed by atoms with Crippen LogP contribution in [0.3, 0.4) is 0 Å². The predicted octanol–water partition coefficient (Wildman–Crippen LogP) is 4.39. The zero-order valence-electron chi connectivity index (χ0n) is 18.2. The van der Waals surface area contributed by atoms with E-state index in [0.717, 1.165) is 6.20 Å². The van der Waals surface area contributed by atoms with Crippen LogP contribution in [0, 0.1) is 0 Å². The first-order valence-electron chi connectivity index (χ1n) is 9.87. The maximum absolute atomic E-state index is 12.9. The van der Waals surface area contributed by atoms with Gasteiger partial charge in [0, 0.05) is 19.7 Å². The van der Waals surface area contributed by atoms with Crippen LogP contribution in [0.2, 0.25) is 15.2 Å². The molecule has 0 saturated carbocycles. The highest BCUT2D eigenvalue weighted by molar-refractivity contribution is 7.92. The SMILES string of the molecule is CN(C)C(=O)c1ccc2nc(COc3nc(Cl)cnc3NS(=O)(=O)c3cccc(Cl)c3Cl)[nH]c2c1. The number of anilines is 1. The van der Waals surface area contributed by atoms with E-state index >= 15 is 0 Å². The van der Waals surface area contributed by atoms with Gasteiger partial charge in [-0.15, -0.1) is 0 Å². The first kappa shape index (κ1) is 25.0. The molecule has 35 heavy (non-hydrogen) atoms. The van der Waals surface area contributed by atoms with Gasteiger partial charge in [0.2, 0.25) is 5.82 Å². The van der Waals surface area contributed by atoms with E-state index in [9.17, 15) is 13.2 Å². The van der Waals surface area contributed by atoms with Crippen LogP contribution in [0.4, 0.5) is 5.82 Å². The topological polar surface area (TPSA) is 130 Å². The fourth-order valence-electron chi connectivity index (χ4n) is 3.06. The summed E-state index contributed by atoms with van der Waals surface area (Å²) in [5.74, 6) is -0.128. The normalized spacial score (nSPS) is 11.5. The molecule has 1 amide bonds. The number of carbonyl (C=O) groups excluding carboxylic acids is 1. The number of aromatic amines is 1. The third-order valence-corrected chi connectivity index (χ3v) is 7.17. The van der Waals surface area contributed by atoms with E-state index in [2.05, 4.69) is 24.7 Å². The highest BCUT2D eigenvalue weighted by Gasteiger charge is 2.23. The molecule has 14 heteroatoms. The van der Waals surface area contributed by atoms with Gasteiger partial charge in [-0.3, -0.25) is 9.52 Å². The molecule has 0 unspecified atom stereocenters. The highest BCUT2D eigenvalue weighted by atomic mass is 35.5. The minimum atomic E-state index is -4.18. The summed E-state index contributed by atoms with van der Waals surface area (Å²) in [7, 11) is -0.849. The van der Waals surface area contributed by atoms with E-state index in [0.29, 0.717) is 22.4 Å². The quantitative estimate of drug-likeness (QED) is 0.346. The Morgan fingerprint density at radius 2 is 1.91 bits per heavy atom. The van der Waals surface area contributed by atoms with Gasteiger partial charge in [-0.1, -0.05) is 40.9 Å². The lowest BCUT2D eigenvalue weighted by atomic mass is 10.2. The number of amides is 1. The van der Waals surface area contributed by atoms with Gasteiger partial charge in [0.15, 0.2) is 5.15 Å². The minimum absolute atomic E-state index is 0.0137. The van der Waals surface area contributed by atoms with Crippen LogP contribution in [0.15, 0.2) is 47.5 Å². The van der Waals surface area contributed by atoms with E-state index in [1.807, 2.05) is 0 Å². The first-order valence-corrected chi connectivity index (χ1v) is 12.5. The molecule has 0 aliphatic rings. The number of rotatable bonds is 7. The molecule has 0 spiro atoms. The van der Waals surface area contributed by atoms with E-state index < -0.39 is 10.0 Å². The van der Waals surface area contributed by atoms with Crippen LogP contribution >= 0.6 is 34.8 Å². The molecule has 0 atom stereocenters. The van der Waals surface area contributed by atoms with Gasteiger partial charge in [0.25, 0.3) is 21.8 Å². The molecule has 0 radical (unpaired) electrons. The number of H-pyrrole nitrogens is 1. The van der Waals surface area contributed by atoms with Crippen molar-refractivity contribution < 1.29 is 17.9 Å². The highest BCUT2D eigenvalue weighted by Crippen LogP contribution is 2.31. The van der Waals surface area contributed by atoms with Crippen molar-refractivity contribution in [2.24, 2.45) is 0 Å². The largest absolute Gasteiger partial charge is 0.467 e. The summed E-state index contributed by atoms with van der Waals surface area (Å²) in [6.45, 7) is -0.118. The monoisotopic (exact) mass is 554 g/mol. The fraction of sp³-hybridized carbons (Fsp3) is 0.143. The zero-order valence-corrected chi connectivity index (χ0v) is 21.3. The predicted molar refractivity (Wildman–Crippen MR) is 133 cm³/mol. The number of hydrogen-bond acceptors (Lipinski definition) is 7. The summed E-state index contributed by atoms with van der Waals surface area (Å²) in [5, 5.41) is -0.0748. The number of benzene rings is 2. The molecule has 2 N–H and O–H groups in total. The van der Waals surface area contributed by atoms with E-state index in [1.165, 1.54) is 23.1 Å². The Morgan fingerprint density at radius 3 is 2.66 bits per heavy atom. The van der Waals surface area contributed by atoms with Crippen molar-refractivity contribution in [1.29, 1.82) is 0 Å². The molecule has 2 aromatic heterocycles. The second-order valence-electron chi connectivity index (χ2n) is 7.41. The van der Waals surface area contributed by atoms with Crippen molar-refractivity contribution in [2.45, 2.75) is 11.5 Å². The Bertz CT molecular complexity index is 1540. The number of carbonyl (C=O) groups is 1. The number of imidazole rings is 1. The van der Waals surface area contributed by atoms with Crippen molar-refractivity contribution in [3.8, 4) is 5.88 Å². The van der Waals surface area contributed by atoms with E-state index in [-0.39, 0.29) is 44.3 Å². The van der Waals surface area contributed by atoms with Crippen LogP contribution in [0.5, 0.6) is 5.88 Å². The van der Waals surface area contributed by atoms with Gasteiger partial charge in [0.1, 0.15) is 17.3 Å². The van der Waals surface area contributed by atoms with E-state index in [1.54, 1.807) is 32.3 Å². The van der Waals surface area contributed by atoms with Crippen LogP contribution in [-0.4, -0.2) is 53.3 Å². The fourth-order valence-corrected chi connectivity index (χ4v) is 4.95. The number of hydrogen-bond donors (Lipinski definition) is 2. The Kier molecular flexibility index (Phi) is 7.04. The standard InChI is InChI=1S/C21H17Cl3N6O4S/c1-30(2)21(31)11-6-7-13-14(8-11)27-17(26-13)10-34-20-19(25-9-16(23)28-20)29-35(32,33)15-5-3-4-12(22)18(15)24/h3-9H,10H2,1-2H3,(H,25,29)(H,26,27). The Hall–Kier alpha value is -3.12. The molecule has 182 valence electrons. The zero-order chi connectivity index (χ0) is 25.3. The number of fused-ring (bicyclic) bond motifs is 1. The van der Waals surface area contributed by atoms with Gasteiger partial charge >= 0.3 is 0 Å². The second kappa shape index (κ2) is 9.86. The number of halogens is 3. The van der Waals surface area contributed by atoms with Gasteiger partial charge in [-0.2, -0.15) is 4.98 Å². The molecule has 4 rings (SSSR count). The molecule has 0 saturated heterocycles. The van der Waals surface area contributed by atoms with Gasteiger partial charge in [0.05, 0.1) is 27.3 Å². The van der Waals surface area contributed by atoms with Crippen LogP contribution < -0.4 is 9.46 Å². The lowest BCUT2D eigenvalue weighted by molar-refractivity contribution is 0.0827. The summed E-state index contributed by atoms with van der Waals surface area (Å²) < 4.78 is 33.7. The maximum atomic E-state index is 12.9. The number of ether oxygens (including phenoxy) is 1.